The average molecular weight is 315 g/mol. The highest BCUT2D eigenvalue weighted by Crippen LogP contribution is 2.46. The maximum Gasteiger partial charge on any atom is 0.462 e. The summed E-state index contributed by atoms with van der Waals surface area (Å²) in [5, 5.41) is 0.157. The molecular weight excluding hydrogens is 312 g/mol. The molecule has 1 rings (SSSR count). The Bertz CT molecular complexity index is 506. The Morgan fingerprint density at radius 3 is 1.75 bits per heavy atom. The van der Waals surface area contributed by atoms with Crippen molar-refractivity contribution >= 4 is 5.69 Å². The molecule has 0 aliphatic heterocycles. The van der Waals surface area contributed by atoms with Crippen LogP contribution in [0, 0.1) is 17.5 Å². The number of hydrogen-bond donors (Lipinski definition) is 1. The van der Waals surface area contributed by atoms with Crippen molar-refractivity contribution in [1.82, 2.24) is 0 Å². The summed E-state index contributed by atoms with van der Waals surface area (Å²) < 4.78 is 124. The minimum absolute atomic E-state index is 0.111. The van der Waals surface area contributed by atoms with E-state index in [9.17, 15) is 43.9 Å². The smallest absolute Gasteiger partial charge is 0.319 e. The number of rotatable bonds is 3. The van der Waals surface area contributed by atoms with Crippen molar-refractivity contribution in [1.29, 1.82) is 0 Å². The van der Waals surface area contributed by atoms with Gasteiger partial charge in [-0.05, 0) is 0 Å². The van der Waals surface area contributed by atoms with Crippen molar-refractivity contribution in [3.63, 3.8) is 0 Å². The Morgan fingerprint density at radius 2 is 1.30 bits per heavy atom. The van der Waals surface area contributed by atoms with Crippen molar-refractivity contribution in [2.24, 2.45) is 0 Å². The van der Waals surface area contributed by atoms with Crippen LogP contribution in [0.25, 0.3) is 0 Å². The van der Waals surface area contributed by atoms with Crippen LogP contribution < -0.4 is 5.32 Å². The highest BCUT2D eigenvalue weighted by atomic mass is 19.4. The number of nitrogens with one attached hydrogen (secondary N) is 1. The van der Waals surface area contributed by atoms with Crippen molar-refractivity contribution in [3.05, 3.63) is 29.6 Å². The van der Waals surface area contributed by atoms with Crippen LogP contribution >= 0.6 is 0 Å². The van der Waals surface area contributed by atoms with Crippen molar-refractivity contribution in [2.75, 3.05) is 5.32 Å². The molecule has 11 heteroatoms. The molecule has 1 N–H and O–H groups in total. The minimum atomic E-state index is -6.66. The van der Waals surface area contributed by atoms with Crippen LogP contribution in [0.2, 0.25) is 0 Å². The zero-order valence-electron chi connectivity index (χ0n) is 8.93. The molecule has 0 fully saturated rings. The van der Waals surface area contributed by atoms with E-state index < -0.39 is 41.3 Å². The molecule has 1 aromatic rings. The van der Waals surface area contributed by atoms with E-state index in [1.165, 1.54) is 0 Å². The third-order valence-electron chi connectivity index (χ3n) is 2.04. The molecule has 0 amide bonds. The summed E-state index contributed by atoms with van der Waals surface area (Å²) >= 11 is 0. The quantitative estimate of drug-likeness (QED) is 0.498. The summed E-state index contributed by atoms with van der Waals surface area (Å²) in [6.07, 6.45) is -6.66. The normalized spacial score (nSPS) is 13.5. The number of anilines is 1. The maximum atomic E-state index is 12.9. The maximum absolute atomic E-state index is 12.9. The largest absolute Gasteiger partial charge is 0.462 e. The molecule has 114 valence electrons. The van der Waals surface area contributed by atoms with Gasteiger partial charge in [-0.15, -0.1) is 0 Å². The summed E-state index contributed by atoms with van der Waals surface area (Å²) in [5.41, 5.74) is -1.88. The van der Waals surface area contributed by atoms with Crippen LogP contribution in [0.4, 0.5) is 49.6 Å². The number of benzene rings is 1. The molecule has 0 aliphatic carbocycles. The van der Waals surface area contributed by atoms with Crippen molar-refractivity contribution < 1.29 is 43.9 Å². The predicted octanol–water partition coefficient (Wildman–Crippen LogP) is 4.31. The fraction of sp³-hybridized carbons (Fsp3) is 0.333. The van der Waals surface area contributed by atoms with E-state index in [0.29, 0.717) is 0 Å². The SMILES string of the molecule is Fc1cc(F)c(F)c(NC(F)(F)C(F)(F)C(F)(F)F)c1. The zero-order chi connectivity index (χ0) is 15.9. The summed E-state index contributed by atoms with van der Waals surface area (Å²) in [6, 6.07) is -6.33. The Kier molecular flexibility index (Phi) is 3.85. The topological polar surface area (TPSA) is 12.0 Å². The number of alkyl halides is 7. The second-order valence-corrected chi connectivity index (χ2v) is 3.52. The highest BCUT2D eigenvalue weighted by molar-refractivity contribution is 5.47. The molecule has 0 heterocycles. The van der Waals surface area contributed by atoms with Gasteiger partial charge in [-0.25, -0.2) is 13.2 Å². The molecule has 0 aromatic heterocycles. The van der Waals surface area contributed by atoms with E-state index in [4.69, 9.17) is 0 Å². The number of hydrogen-bond acceptors (Lipinski definition) is 1. The highest BCUT2D eigenvalue weighted by Gasteiger charge is 2.73. The molecule has 20 heavy (non-hydrogen) atoms. The Labute approximate surface area is 104 Å². The molecule has 0 radical (unpaired) electrons. The van der Waals surface area contributed by atoms with Gasteiger partial charge in [0, 0.05) is 12.1 Å². The fourth-order valence-electron chi connectivity index (χ4n) is 1.07. The molecule has 0 atom stereocenters. The van der Waals surface area contributed by atoms with Crippen LogP contribution in [0.1, 0.15) is 0 Å². The second kappa shape index (κ2) is 4.70. The Hall–Kier alpha value is -1.68. The van der Waals surface area contributed by atoms with Crippen LogP contribution in [-0.2, 0) is 0 Å². The first-order valence-electron chi connectivity index (χ1n) is 4.54. The van der Waals surface area contributed by atoms with Gasteiger partial charge in [0.1, 0.15) is 5.82 Å². The molecule has 0 unspecified atom stereocenters. The first kappa shape index (κ1) is 16.4. The van der Waals surface area contributed by atoms with E-state index in [1.54, 1.807) is 0 Å². The van der Waals surface area contributed by atoms with Crippen LogP contribution in [0.5, 0.6) is 0 Å². The summed E-state index contributed by atoms with van der Waals surface area (Å²) in [4.78, 5) is 0. The molecule has 0 saturated carbocycles. The van der Waals surface area contributed by atoms with Crippen LogP contribution in [0.3, 0.4) is 0 Å². The first-order chi connectivity index (χ1) is 8.79. The third-order valence-corrected chi connectivity index (χ3v) is 2.04. The second-order valence-electron chi connectivity index (χ2n) is 3.52. The lowest BCUT2D eigenvalue weighted by Crippen LogP contribution is -2.56. The first-order valence-corrected chi connectivity index (χ1v) is 4.54. The third kappa shape index (κ3) is 2.75. The lowest BCUT2D eigenvalue weighted by molar-refractivity contribution is -0.346. The standard InChI is InChI=1S/C9H3F10N/c10-3-1-4(11)6(12)5(2-3)20-9(18,19)7(13,14)8(15,16)17/h1-2,20H. The molecule has 0 spiro atoms. The molecule has 1 nitrogen and oxygen atoms in total. The molecule has 0 bridgehead atoms. The van der Waals surface area contributed by atoms with Gasteiger partial charge in [-0.3, -0.25) is 0 Å². The lowest BCUT2D eigenvalue weighted by Gasteiger charge is -2.29. The van der Waals surface area contributed by atoms with E-state index in [1.807, 2.05) is 0 Å². The van der Waals surface area contributed by atoms with E-state index >= 15 is 0 Å². The van der Waals surface area contributed by atoms with E-state index in [0.717, 1.165) is 0 Å². The van der Waals surface area contributed by atoms with Crippen molar-refractivity contribution in [2.45, 2.75) is 18.1 Å². The molecule has 0 saturated heterocycles. The Morgan fingerprint density at radius 1 is 0.800 bits per heavy atom. The summed E-state index contributed by atoms with van der Waals surface area (Å²) in [6.45, 7) is 0. The van der Waals surface area contributed by atoms with Crippen LogP contribution in [0.15, 0.2) is 12.1 Å². The fourth-order valence-corrected chi connectivity index (χ4v) is 1.07. The number of halogens is 10. The minimum Gasteiger partial charge on any atom is -0.319 e. The monoisotopic (exact) mass is 315 g/mol. The van der Waals surface area contributed by atoms with Gasteiger partial charge in [0.25, 0.3) is 0 Å². The lowest BCUT2D eigenvalue weighted by atomic mass is 10.2. The summed E-state index contributed by atoms with van der Waals surface area (Å²) in [5.74, 6) is -12.5. The molecular formula is C9H3F10N. The summed E-state index contributed by atoms with van der Waals surface area (Å²) in [7, 11) is 0. The van der Waals surface area contributed by atoms with Gasteiger partial charge in [-0.2, -0.15) is 30.7 Å². The average Bonchev–Trinajstić information content (AvgIpc) is 2.22. The Balaban J connectivity index is 3.21. The van der Waals surface area contributed by atoms with Gasteiger partial charge < -0.3 is 5.32 Å². The van der Waals surface area contributed by atoms with Crippen LogP contribution in [-0.4, -0.2) is 18.1 Å². The van der Waals surface area contributed by atoms with E-state index in [-0.39, 0.29) is 17.4 Å². The van der Waals surface area contributed by atoms with Gasteiger partial charge in [-0.1, -0.05) is 0 Å². The molecule has 0 aliphatic rings. The van der Waals surface area contributed by atoms with Gasteiger partial charge in [0.15, 0.2) is 11.6 Å². The predicted molar refractivity (Wildman–Crippen MR) is 45.9 cm³/mol. The van der Waals surface area contributed by atoms with Gasteiger partial charge >= 0.3 is 18.1 Å². The van der Waals surface area contributed by atoms with Gasteiger partial charge in [0.2, 0.25) is 0 Å². The van der Waals surface area contributed by atoms with Crippen molar-refractivity contribution in [3.8, 4) is 0 Å². The zero-order valence-corrected chi connectivity index (χ0v) is 8.93. The van der Waals surface area contributed by atoms with Gasteiger partial charge in [0.05, 0.1) is 5.69 Å². The molecule has 1 aromatic carbocycles. The van der Waals surface area contributed by atoms with E-state index in [2.05, 4.69) is 0 Å².